The van der Waals surface area contributed by atoms with Crippen LogP contribution < -0.4 is 22.1 Å². The zero-order valence-electron chi connectivity index (χ0n) is 15.4. The van der Waals surface area contributed by atoms with Crippen molar-refractivity contribution in [1.82, 2.24) is 15.0 Å². The molecule has 3 aromatic rings. The molecule has 0 unspecified atom stereocenters. The molecule has 1 fully saturated rings. The molecule has 4 rings (SSSR count). The fourth-order valence-electron chi connectivity index (χ4n) is 3.49. The van der Waals surface area contributed by atoms with Gasteiger partial charge in [0.1, 0.15) is 5.82 Å². The fourth-order valence-corrected chi connectivity index (χ4v) is 3.49. The topological polar surface area (TPSA) is 132 Å². The van der Waals surface area contributed by atoms with Crippen molar-refractivity contribution in [2.75, 3.05) is 10.6 Å². The number of nitrogens with two attached hydrogens (primary N) is 2. The zero-order valence-corrected chi connectivity index (χ0v) is 15.4. The van der Waals surface area contributed by atoms with Gasteiger partial charge >= 0.3 is 0 Å². The Morgan fingerprint density at radius 2 is 1.93 bits per heavy atom. The Kier molecular flexibility index (Phi) is 5.03. The van der Waals surface area contributed by atoms with Gasteiger partial charge in [0.2, 0.25) is 0 Å². The molecular weight excluding hydrogens is 354 g/mol. The Bertz CT molecular complexity index is 999. The average molecular weight is 377 g/mol. The number of primary amides is 1. The second kappa shape index (κ2) is 7.77. The average Bonchev–Trinajstić information content (AvgIpc) is 2.70. The molecule has 1 amide bonds. The Hall–Kier alpha value is -3.26. The number of nitrogens with one attached hydrogen (secondary N) is 2. The van der Waals surface area contributed by atoms with E-state index in [4.69, 9.17) is 11.5 Å². The van der Waals surface area contributed by atoms with E-state index >= 15 is 0 Å². The van der Waals surface area contributed by atoms with Gasteiger partial charge in [0, 0.05) is 29.4 Å². The van der Waals surface area contributed by atoms with E-state index in [1.165, 1.54) is 0 Å². The maximum atomic E-state index is 11.8. The Morgan fingerprint density at radius 1 is 1.11 bits per heavy atom. The maximum absolute atomic E-state index is 11.8. The number of pyridine rings is 1. The molecule has 1 saturated carbocycles. The fraction of sp³-hybridized carbons (Fsp3) is 0.300. The SMILES string of the molecule is NC(=O)c1ncc(N[C@H]2CC[C@H](N)CC2)nc1Nc1ccc2ncccc2c1. The lowest BCUT2D eigenvalue weighted by atomic mass is 9.92. The number of amides is 1. The van der Waals surface area contributed by atoms with Crippen molar-refractivity contribution in [2.24, 2.45) is 11.5 Å². The van der Waals surface area contributed by atoms with E-state index in [9.17, 15) is 4.79 Å². The number of benzene rings is 1. The molecular formula is C20H23N7O. The molecule has 1 aromatic carbocycles. The molecule has 0 spiro atoms. The quantitative estimate of drug-likeness (QED) is 0.537. The summed E-state index contributed by atoms with van der Waals surface area (Å²) in [4.78, 5) is 24.9. The van der Waals surface area contributed by atoms with E-state index in [-0.39, 0.29) is 11.7 Å². The predicted molar refractivity (Wildman–Crippen MR) is 109 cm³/mol. The van der Waals surface area contributed by atoms with E-state index in [0.29, 0.717) is 17.7 Å². The molecule has 144 valence electrons. The summed E-state index contributed by atoms with van der Waals surface area (Å²) < 4.78 is 0. The molecule has 0 atom stereocenters. The Morgan fingerprint density at radius 3 is 2.71 bits per heavy atom. The van der Waals surface area contributed by atoms with Gasteiger partial charge in [-0.05, 0) is 49.9 Å². The van der Waals surface area contributed by atoms with Gasteiger partial charge in [-0.3, -0.25) is 9.78 Å². The summed E-state index contributed by atoms with van der Waals surface area (Å²) in [7, 11) is 0. The van der Waals surface area contributed by atoms with Crippen molar-refractivity contribution in [3.63, 3.8) is 0 Å². The van der Waals surface area contributed by atoms with Crippen molar-refractivity contribution >= 4 is 34.1 Å². The molecule has 2 heterocycles. The minimum absolute atomic E-state index is 0.0995. The molecule has 28 heavy (non-hydrogen) atoms. The van der Waals surface area contributed by atoms with Crippen molar-refractivity contribution in [1.29, 1.82) is 0 Å². The third kappa shape index (κ3) is 4.01. The first-order chi connectivity index (χ1) is 13.6. The number of fused-ring (bicyclic) bond motifs is 1. The summed E-state index contributed by atoms with van der Waals surface area (Å²) in [5.41, 5.74) is 13.2. The van der Waals surface area contributed by atoms with Crippen LogP contribution in [-0.4, -0.2) is 32.9 Å². The van der Waals surface area contributed by atoms with Gasteiger partial charge in [-0.15, -0.1) is 0 Å². The maximum Gasteiger partial charge on any atom is 0.271 e. The van der Waals surface area contributed by atoms with Crippen LogP contribution in [0.4, 0.5) is 17.3 Å². The summed E-state index contributed by atoms with van der Waals surface area (Å²) in [6.45, 7) is 0. The van der Waals surface area contributed by atoms with Crippen LogP contribution in [0.1, 0.15) is 36.2 Å². The van der Waals surface area contributed by atoms with Crippen molar-refractivity contribution in [3.8, 4) is 0 Å². The van der Waals surface area contributed by atoms with E-state index in [2.05, 4.69) is 25.6 Å². The summed E-state index contributed by atoms with van der Waals surface area (Å²) in [5.74, 6) is 0.302. The lowest BCUT2D eigenvalue weighted by molar-refractivity contribution is 0.0996. The van der Waals surface area contributed by atoms with Gasteiger partial charge in [0.25, 0.3) is 5.91 Å². The number of carbonyl (C=O) groups excluding carboxylic acids is 1. The predicted octanol–water partition coefficient (Wildman–Crippen LogP) is 2.55. The normalized spacial score (nSPS) is 19.3. The first-order valence-corrected chi connectivity index (χ1v) is 9.39. The number of hydrogen-bond acceptors (Lipinski definition) is 7. The molecule has 0 aliphatic heterocycles. The van der Waals surface area contributed by atoms with Gasteiger partial charge in [-0.25, -0.2) is 9.97 Å². The van der Waals surface area contributed by atoms with E-state index in [0.717, 1.165) is 42.3 Å². The second-order valence-electron chi connectivity index (χ2n) is 7.11. The lowest BCUT2D eigenvalue weighted by Gasteiger charge is -2.27. The zero-order chi connectivity index (χ0) is 19.5. The summed E-state index contributed by atoms with van der Waals surface area (Å²) in [6, 6.07) is 10.2. The molecule has 1 aliphatic carbocycles. The van der Waals surface area contributed by atoms with E-state index < -0.39 is 5.91 Å². The number of anilines is 3. The highest BCUT2D eigenvalue weighted by atomic mass is 16.1. The van der Waals surface area contributed by atoms with Crippen molar-refractivity contribution < 1.29 is 4.79 Å². The monoisotopic (exact) mass is 377 g/mol. The molecule has 1 aliphatic rings. The highest BCUT2D eigenvalue weighted by Gasteiger charge is 2.20. The van der Waals surface area contributed by atoms with E-state index in [1.54, 1.807) is 12.4 Å². The van der Waals surface area contributed by atoms with Crippen LogP contribution in [-0.2, 0) is 0 Å². The van der Waals surface area contributed by atoms with Gasteiger partial charge in [0.15, 0.2) is 11.5 Å². The number of nitrogens with zero attached hydrogens (tertiary/aromatic N) is 3. The Labute approximate surface area is 162 Å². The minimum Gasteiger partial charge on any atom is -0.366 e. The largest absolute Gasteiger partial charge is 0.366 e. The van der Waals surface area contributed by atoms with Gasteiger partial charge in [-0.1, -0.05) is 6.07 Å². The molecule has 0 radical (unpaired) electrons. The van der Waals surface area contributed by atoms with Crippen molar-refractivity contribution in [3.05, 3.63) is 48.4 Å². The van der Waals surface area contributed by atoms with Crippen LogP contribution in [0.15, 0.2) is 42.7 Å². The number of rotatable bonds is 5. The highest BCUT2D eigenvalue weighted by Crippen LogP contribution is 2.24. The van der Waals surface area contributed by atoms with Crippen LogP contribution in [0.25, 0.3) is 10.9 Å². The van der Waals surface area contributed by atoms with Crippen LogP contribution in [0.3, 0.4) is 0 Å². The van der Waals surface area contributed by atoms with Crippen LogP contribution in [0.5, 0.6) is 0 Å². The van der Waals surface area contributed by atoms with Gasteiger partial charge in [0.05, 0.1) is 11.7 Å². The first kappa shape index (κ1) is 18.1. The van der Waals surface area contributed by atoms with Crippen LogP contribution in [0, 0.1) is 0 Å². The molecule has 2 aromatic heterocycles. The third-order valence-corrected chi connectivity index (χ3v) is 5.00. The minimum atomic E-state index is -0.632. The first-order valence-electron chi connectivity index (χ1n) is 9.39. The third-order valence-electron chi connectivity index (χ3n) is 5.00. The molecule has 0 bridgehead atoms. The molecule has 8 nitrogen and oxygen atoms in total. The van der Waals surface area contributed by atoms with E-state index in [1.807, 2.05) is 30.3 Å². The number of hydrogen-bond donors (Lipinski definition) is 4. The summed E-state index contributed by atoms with van der Waals surface area (Å²) >= 11 is 0. The summed E-state index contributed by atoms with van der Waals surface area (Å²) in [5, 5.41) is 7.54. The second-order valence-corrected chi connectivity index (χ2v) is 7.11. The van der Waals surface area contributed by atoms with Crippen LogP contribution in [0.2, 0.25) is 0 Å². The number of aromatic nitrogens is 3. The van der Waals surface area contributed by atoms with Gasteiger partial charge in [-0.2, -0.15) is 0 Å². The van der Waals surface area contributed by atoms with Gasteiger partial charge < -0.3 is 22.1 Å². The molecule has 6 N–H and O–H groups in total. The standard InChI is InChI=1S/C20H23N7O/c21-13-3-5-14(6-4-13)25-17-11-24-18(19(22)28)20(27-17)26-15-7-8-16-12(10-15)2-1-9-23-16/h1-2,7-11,13-14H,3-6,21H2,(H2,22,28)(H2,25,26,27)/t13-,14-. The molecule has 8 heteroatoms. The summed E-state index contributed by atoms with van der Waals surface area (Å²) in [6.07, 6.45) is 7.24. The smallest absolute Gasteiger partial charge is 0.271 e. The number of carbonyl (C=O) groups is 1. The lowest BCUT2D eigenvalue weighted by Crippen LogP contribution is -2.33. The van der Waals surface area contributed by atoms with Crippen LogP contribution >= 0.6 is 0 Å². The van der Waals surface area contributed by atoms with Crippen molar-refractivity contribution in [2.45, 2.75) is 37.8 Å². The Balaban J connectivity index is 1.59. The highest BCUT2D eigenvalue weighted by molar-refractivity contribution is 5.96. The molecule has 0 saturated heterocycles.